The standard InChI is InChI=1S/C18H16N2O2/c1-22-17-10-9-13(11-16(17)19)20-18(21)15-8-4-6-12-5-2-3-7-14(12)15/h2-11H,19H2,1H3,(H,20,21). The number of nitrogens with two attached hydrogens (primary N) is 1. The zero-order valence-corrected chi connectivity index (χ0v) is 12.2. The maximum atomic E-state index is 12.5. The summed E-state index contributed by atoms with van der Waals surface area (Å²) in [6, 6.07) is 18.6. The van der Waals surface area contributed by atoms with Crippen molar-refractivity contribution >= 4 is 28.1 Å². The molecule has 4 heteroatoms. The molecule has 0 bridgehead atoms. The summed E-state index contributed by atoms with van der Waals surface area (Å²) in [6.45, 7) is 0. The smallest absolute Gasteiger partial charge is 0.256 e. The van der Waals surface area contributed by atoms with Crippen LogP contribution in [0.4, 0.5) is 11.4 Å². The first-order valence-corrected chi connectivity index (χ1v) is 6.91. The number of fused-ring (bicyclic) bond motifs is 1. The Labute approximate surface area is 128 Å². The van der Waals surface area contributed by atoms with Crippen LogP contribution in [0.3, 0.4) is 0 Å². The third-order valence-electron chi connectivity index (χ3n) is 3.52. The quantitative estimate of drug-likeness (QED) is 0.724. The van der Waals surface area contributed by atoms with Crippen LogP contribution in [-0.2, 0) is 0 Å². The third kappa shape index (κ3) is 2.59. The first kappa shape index (κ1) is 13.9. The van der Waals surface area contributed by atoms with Crippen molar-refractivity contribution in [3.8, 4) is 5.75 Å². The van der Waals surface area contributed by atoms with E-state index in [0.29, 0.717) is 22.7 Å². The summed E-state index contributed by atoms with van der Waals surface area (Å²) < 4.78 is 5.11. The van der Waals surface area contributed by atoms with Crippen molar-refractivity contribution in [2.75, 3.05) is 18.2 Å². The van der Waals surface area contributed by atoms with Crippen LogP contribution in [0.5, 0.6) is 5.75 Å². The number of rotatable bonds is 3. The molecule has 0 saturated carbocycles. The molecule has 3 rings (SSSR count). The zero-order valence-electron chi connectivity index (χ0n) is 12.2. The Balaban J connectivity index is 1.92. The van der Waals surface area contributed by atoms with Crippen LogP contribution in [0.1, 0.15) is 10.4 Å². The number of ether oxygens (including phenoxy) is 1. The molecule has 0 spiro atoms. The van der Waals surface area contributed by atoms with Gasteiger partial charge in [-0.15, -0.1) is 0 Å². The number of methoxy groups -OCH3 is 1. The molecule has 0 heterocycles. The monoisotopic (exact) mass is 292 g/mol. The highest BCUT2D eigenvalue weighted by Gasteiger charge is 2.10. The molecule has 22 heavy (non-hydrogen) atoms. The Morgan fingerprint density at radius 2 is 1.82 bits per heavy atom. The number of nitrogen functional groups attached to an aromatic ring is 1. The Morgan fingerprint density at radius 1 is 1.05 bits per heavy atom. The van der Waals surface area contributed by atoms with Gasteiger partial charge in [0.2, 0.25) is 0 Å². The minimum atomic E-state index is -0.165. The molecular weight excluding hydrogens is 276 g/mol. The molecule has 1 amide bonds. The molecule has 0 unspecified atom stereocenters. The van der Waals surface area contributed by atoms with Gasteiger partial charge in [0.15, 0.2) is 0 Å². The summed E-state index contributed by atoms with van der Waals surface area (Å²) in [5, 5.41) is 4.82. The third-order valence-corrected chi connectivity index (χ3v) is 3.52. The predicted molar refractivity (Wildman–Crippen MR) is 89.3 cm³/mol. The highest BCUT2D eigenvalue weighted by atomic mass is 16.5. The van der Waals surface area contributed by atoms with Crippen molar-refractivity contribution in [3.05, 3.63) is 66.2 Å². The summed E-state index contributed by atoms with van der Waals surface area (Å²) in [5.74, 6) is 0.421. The van der Waals surface area contributed by atoms with Gasteiger partial charge in [0.05, 0.1) is 12.8 Å². The van der Waals surface area contributed by atoms with Gasteiger partial charge in [-0.2, -0.15) is 0 Å². The molecular formula is C18H16N2O2. The second-order valence-electron chi connectivity index (χ2n) is 4.94. The minimum Gasteiger partial charge on any atom is -0.495 e. The average Bonchev–Trinajstić information content (AvgIpc) is 2.54. The van der Waals surface area contributed by atoms with E-state index in [1.807, 2.05) is 42.5 Å². The first-order chi connectivity index (χ1) is 10.7. The van der Waals surface area contributed by atoms with Crippen molar-refractivity contribution < 1.29 is 9.53 Å². The lowest BCUT2D eigenvalue weighted by atomic mass is 10.0. The fourth-order valence-corrected chi connectivity index (χ4v) is 2.43. The maximum Gasteiger partial charge on any atom is 0.256 e. The summed E-state index contributed by atoms with van der Waals surface area (Å²) in [4.78, 5) is 12.5. The Bertz CT molecular complexity index is 838. The van der Waals surface area contributed by atoms with E-state index in [-0.39, 0.29) is 5.91 Å². The van der Waals surface area contributed by atoms with Gasteiger partial charge < -0.3 is 15.8 Å². The summed E-state index contributed by atoms with van der Waals surface area (Å²) in [7, 11) is 1.56. The van der Waals surface area contributed by atoms with E-state index >= 15 is 0 Å². The van der Waals surface area contributed by atoms with E-state index in [9.17, 15) is 4.79 Å². The lowest BCUT2D eigenvalue weighted by Crippen LogP contribution is -2.12. The van der Waals surface area contributed by atoms with Gasteiger partial charge in [-0.05, 0) is 35.0 Å². The molecule has 0 saturated heterocycles. The normalized spacial score (nSPS) is 10.4. The number of hydrogen-bond donors (Lipinski definition) is 2. The van der Waals surface area contributed by atoms with Crippen LogP contribution >= 0.6 is 0 Å². The number of hydrogen-bond acceptors (Lipinski definition) is 3. The average molecular weight is 292 g/mol. The van der Waals surface area contributed by atoms with Gasteiger partial charge in [0, 0.05) is 11.3 Å². The van der Waals surface area contributed by atoms with E-state index in [1.54, 1.807) is 25.3 Å². The molecule has 0 atom stereocenters. The summed E-state index contributed by atoms with van der Waals surface area (Å²) >= 11 is 0. The zero-order chi connectivity index (χ0) is 15.5. The van der Waals surface area contributed by atoms with Crippen LogP contribution in [0.25, 0.3) is 10.8 Å². The number of carbonyl (C=O) groups is 1. The second kappa shape index (κ2) is 5.77. The van der Waals surface area contributed by atoms with Crippen molar-refractivity contribution in [1.82, 2.24) is 0 Å². The van der Waals surface area contributed by atoms with E-state index in [4.69, 9.17) is 10.5 Å². The van der Waals surface area contributed by atoms with E-state index in [1.165, 1.54) is 0 Å². The van der Waals surface area contributed by atoms with Crippen molar-refractivity contribution in [1.29, 1.82) is 0 Å². The second-order valence-corrected chi connectivity index (χ2v) is 4.94. The van der Waals surface area contributed by atoms with Crippen molar-refractivity contribution in [3.63, 3.8) is 0 Å². The number of amides is 1. The number of benzene rings is 3. The molecule has 0 radical (unpaired) electrons. The highest BCUT2D eigenvalue weighted by Crippen LogP contribution is 2.25. The van der Waals surface area contributed by atoms with Crippen molar-refractivity contribution in [2.45, 2.75) is 0 Å². The van der Waals surface area contributed by atoms with Gasteiger partial charge in [0.25, 0.3) is 5.91 Å². The van der Waals surface area contributed by atoms with Gasteiger partial charge in [-0.1, -0.05) is 36.4 Å². The SMILES string of the molecule is COc1ccc(NC(=O)c2cccc3ccccc23)cc1N. The molecule has 0 aliphatic heterocycles. The number of carbonyl (C=O) groups excluding carboxylic acids is 1. The molecule has 3 N–H and O–H groups in total. The fraction of sp³-hybridized carbons (Fsp3) is 0.0556. The van der Waals surface area contributed by atoms with Crippen LogP contribution in [-0.4, -0.2) is 13.0 Å². The van der Waals surface area contributed by atoms with Gasteiger partial charge in [-0.3, -0.25) is 4.79 Å². The minimum absolute atomic E-state index is 0.165. The number of anilines is 2. The van der Waals surface area contributed by atoms with Crippen LogP contribution in [0.15, 0.2) is 60.7 Å². The van der Waals surface area contributed by atoms with Crippen LogP contribution in [0, 0.1) is 0 Å². The predicted octanol–water partition coefficient (Wildman–Crippen LogP) is 3.68. The molecule has 3 aromatic rings. The summed E-state index contributed by atoms with van der Waals surface area (Å²) in [6.07, 6.45) is 0. The molecule has 4 nitrogen and oxygen atoms in total. The molecule has 0 fully saturated rings. The molecule has 110 valence electrons. The Hall–Kier alpha value is -3.01. The van der Waals surface area contributed by atoms with Crippen LogP contribution < -0.4 is 15.8 Å². The molecule has 3 aromatic carbocycles. The van der Waals surface area contributed by atoms with Gasteiger partial charge in [-0.25, -0.2) is 0 Å². The summed E-state index contributed by atoms with van der Waals surface area (Å²) in [5.41, 5.74) is 7.61. The highest BCUT2D eigenvalue weighted by molar-refractivity contribution is 6.13. The van der Waals surface area contributed by atoms with Crippen molar-refractivity contribution in [2.24, 2.45) is 0 Å². The lowest BCUT2D eigenvalue weighted by molar-refractivity contribution is 0.102. The Morgan fingerprint density at radius 3 is 2.59 bits per heavy atom. The lowest BCUT2D eigenvalue weighted by Gasteiger charge is -2.10. The molecule has 0 aromatic heterocycles. The van der Waals surface area contributed by atoms with Gasteiger partial charge in [0.1, 0.15) is 5.75 Å². The molecule has 0 aliphatic rings. The largest absolute Gasteiger partial charge is 0.495 e. The van der Waals surface area contributed by atoms with Gasteiger partial charge >= 0.3 is 0 Å². The van der Waals surface area contributed by atoms with E-state index in [2.05, 4.69) is 5.32 Å². The number of nitrogens with one attached hydrogen (secondary N) is 1. The maximum absolute atomic E-state index is 12.5. The van der Waals surface area contributed by atoms with Crippen LogP contribution in [0.2, 0.25) is 0 Å². The molecule has 0 aliphatic carbocycles. The Kier molecular flexibility index (Phi) is 3.66. The van der Waals surface area contributed by atoms with E-state index in [0.717, 1.165) is 10.8 Å². The topological polar surface area (TPSA) is 64.3 Å². The fourth-order valence-electron chi connectivity index (χ4n) is 2.43. The van der Waals surface area contributed by atoms with E-state index < -0.39 is 0 Å². The first-order valence-electron chi connectivity index (χ1n) is 6.91.